The molecule has 0 amide bonds. The van der Waals surface area contributed by atoms with Gasteiger partial charge < -0.3 is 20.9 Å². The summed E-state index contributed by atoms with van der Waals surface area (Å²) in [6, 6.07) is 27.7. The fourth-order valence-corrected chi connectivity index (χ4v) is 3.85. The van der Waals surface area contributed by atoms with Gasteiger partial charge in [-0.25, -0.2) is 9.59 Å². The predicted octanol–water partition coefficient (Wildman–Crippen LogP) is 5.62. The average Bonchev–Trinajstić information content (AvgIpc) is 2.85. The highest BCUT2D eigenvalue weighted by Crippen LogP contribution is 2.41. The maximum absolute atomic E-state index is 12.8. The third-order valence-corrected chi connectivity index (χ3v) is 5.82. The summed E-state index contributed by atoms with van der Waals surface area (Å²) in [6.45, 7) is 3.97. The van der Waals surface area contributed by atoms with Crippen LogP contribution >= 0.6 is 0 Å². The van der Waals surface area contributed by atoms with Gasteiger partial charge in [0.25, 0.3) is 0 Å². The van der Waals surface area contributed by atoms with Gasteiger partial charge in [0.2, 0.25) is 0 Å². The smallest absolute Gasteiger partial charge is 0.343 e. The summed E-state index contributed by atoms with van der Waals surface area (Å²) >= 11 is 0. The zero-order valence-electron chi connectivity index (χ0n) is 19.5. The number of nitrogen functional groups attached to an aromatic ring is 2. The van der Waals surface area contributed by atoms with Crippen molar-refractivity contribution in [2.24, 2.45) is 0 Å². The first-order valence-electron chi connectivity index (χ1n) is 11.1. The Morgan fingerprint density at radius 3 is 1.29 bits per heavy atom. The molecular weight excluding hydrogens is 440 g/mol. The molecule has 4 rings (SSSR count). The first-order chi connectivity index (χ1) is 16.8. The second-order valence-electron chi connectivity index (χ2n) is 8.64. The largest absolute Gasteiger partial charge is 0.423 e. The Morgan fingerprint density at radius 1 is 0.571 bits per heavy atom. The summed E-state index contributed by atoms with van der Waals surface area (Å²) in [5, 5.41) is 0. The van der Waals surface area contributed by atoms with Gasteiger partial charge in [-0.3, -0.25) is 0 Å². The van der Waals surface area contributed by atoms with Crippen LogP contribution in [0.15, 0.2) is 97.1 Å². The maximum atomic E-state index is 12.8. The summed E-state index contributed by atoms with van der Waals surface area (Å²) in [5.41, 5.74) is 14.2. The Hall–Kier alpha value is -4.58. The van der Waals surface area contributed by atoms with E-state index in [2.05, 4.69) is 0 Å². The van der Waals surface area contributed by atoms with Crippen LogP contribution in [0.4, 0.5) is 11.4 Å². The van der Waals surface area contributed by atoms with Crippen molar-refractivity contribution >= 4 is 23.3 Å². The van der Waals surface area contributed by atoms with Crippen molar-refractivity contribution in [3.05, 3.63) is 119 Å². The zero-order chi connectivity index (χ0) is 25.0. The Labute approximate surface area is 204 Å². The monoisotopic (exact) mass is 466 g/mol. The number of anilines is 2. The molecule has 0 atom stereocenters. The van der Waals surface area contributed by atoms with E-state index < -0.39 is 17.4 Å². The van der Waals surface area contributed by atoms with Gasteiger partial charge in [0.05, 0.1) is 11.1 Å². The highest BCUT2D eigenvalue weighted by molar-refractivity contribution is 5.92. The molecule has 0 bridgehead atoms. The molecule has 4 aromatic carbocycles. The molecule has 0 radical (unpaired) electrons. The molecule has 6 nitrogen and oxygen atoms in total. The molecule has 6 heteroatoms. The molecule has 35 heavy (non-hydrogen) atoms. The van der Waals surface area contributed by atoms with Crippen LogP contribution in [0.1, 0.15) is 45.7 Å². The lowest BCUT2D eigenvalue weighted by molar-refractivity contribution is 0.0725. The van der Waals surface area contributed by atoms with E-state index in [1.807, 2.05) is 38.1 Å². The molecule has 0 aliphatic rings. The molecular formula is C29H26N2O4. The van der Waals surface area contributed by atoms with Gasteiger partial charge in [-0.15, -0.1) is 0 Å². The van der Waals surface area contributed by atoms with Crippen molar-refractivity contribution in [3.8, 4) is 11.5 Å². The SMILES string of the molecule is CC(C)(c1ccccc1OC(=O)c1ccc(N)cc1)c1ccccc1OC(=O)c1ccc(N)cc1. The molecule has 0 heterocycles. The lowest BCUT2D eigenvalue weighted by atomic mass is 9.77. The van der Waals surface area contributed by atoms with E-state index in [-0.39, 0.29) is 0 Å². The van der Waals surface area contributed by atoms with Crippen LogP contribution in [0, 0.1) is 0 Å². The number of hydrogen-bond acceptors (Lipinski definition) is 6. The molecule has 0 aromatic heterocycles. The van der Waals surface area contributed by atoms with Crippen molar-refractivity contribution in [1.29, 1.82) is 0 Å². The number of carbonyl (C=O) groups is 2. The third kappa shape index (κ3) is 5.17. The second kappa shape index (κ2) is 9.73. The van der Waals surface area contributed by atoms with E-state index in [4.69, 9.17) is 20.9 Å². The highest BCUT2D eigenvalue weighted by atomic mass is 16.5. The van der Waals surface area contributed by atoms with E-state index in [1.54, 1.807) is 72.8 Å². The molecule has 4 aromatic rings. The first kappa shape index (κ1) is 23.6. The first-order valence-corrected chi connectivity index (χ1v) is 11.1. The number of hydrogen-bond donors (Lipinski definition) is 2. The summed E-state index contributed by atoms with van der Waals surface area (Å²) in [5.74, 6) is -0.148. The molecule has 0 saturated heterocycles. The molecule has 176 valence electrons. The second-order valence-corrected chi connectivity index (χ2v) is 8.64. The lowest BCUT2D eigenvalue weighted by Gasteiger charge is -2.29. The molecule has 0 spiro atoms. The number of esters is 2. The zero-order valence-corrected chi connectivity index (χ0v) is 19.5. The third-order valence-electron chi connectivity index (χ3n) is 5.82. The van der Waals surface area contributed by atoms with Gasteiger partial charge >= 0.3 is 11.9 Å². The number of para-hydroxylation sites is 2. The minimum Gasteiger partial charge on any atom is -0.423 e. The standard InChI is InChI=1S/C29H26N2O4/c1-29(2,23-7-3-5-9-25(23)34-27(32)19-11-15-21(30)16-12-19)24-8-4-6-10-26(24)35-28(33)20-13-17-22(31)18-14-20/h3-18H,30-31H2,1-2H3. The predicted molar refractivity (Wildman–Crippen MR) is 137 cm³/mol. The Morgan fingerprint density at radius 2 is 0.914 bits per heavy atom. The van der Waals surface area contributed by atoms with Crippen LogP contribution in [0.25, 0.3) is 0 Å². The number of carbonyl (C=O) groups excluding carboxylic acids is 2. The number of rotatable bonds is 6. The summed E-state index contributed by atoms with van der Waals surface area (Å²) in [4.78, 5) is 25.6. The lowest BCUT2D eigenvalue weighted by Crippen LogP contribution is -2.23. The molecule has 0 fully saturated rings. The van der Waals surface area contributed by atoms with Gasteiger partial charge in [0.1, 0.15) is 11.5 Å². The van der Waals surface area contributed by atoms with Gasteiger partial charge in [-0.1, -0.05) is 50.2 Å². The quantitative estimate of drug-likeness (QED) is 0.217. The molecule has 0 aliphatic carbocycles. The van der Waals surface area contributed by atoms with Crippen molar-refractivity contribution in [2.45, 2.75) is 19.3 Å². The van der Waals surface area contributed by atoms with E-state index in [0.717, 1.165) is 11.1 Å². The average molecular weight is 467 g/mol. The number of nitrogens with two attached hydrogens (primary N) is 2. The van der Waals surface area contributed by atoms with Crippen LogP contribution in [0.3, 0.4) is 0 Å². The normalized spacial score (nSPS) is 11.0. The number of benzene rings is 4. The summed E-state index contributed by atoms with van der Waals surface area (Å²) in [6.07, 6.45) is 0. The Balaban J connectivity index is 1.65. The molecule has 4 N–H and O–H groups in total. The van der Waals surface area contributed by atoms with E-state index in [0.29, 0.717) is 34.0 Å². The number of ether oxygens (including phenoxy) is 2. The van der Waals surface area contributed by atoms with E-state index in [1.165, 1.54) is 0 Å². The van der Waals surface area contributed by atoms with Crippen LogP contribution in [-0.4, -0.2) is 11.9 Å². The fourth-order valence-electron chi connectivity index (χ4n) is 3.85. The van der Waals surface area contributed by atoms with Crippen LogP contribution in [-0.2, 0) is 5.41 Å². The molecule has 0 aliphatic heterocycles. The Kier molecular flexibility index (Phi) is 6.55. The van der Waals surface area contributed by atoms with E-state index in [9.17, 15) is 9.59 Å². The van der Waals surface area contributed by atoms with E-state index >= 15 is 0 Å². The van der Waals surface area contributed by atoms with Crippen molar-refractivity contribution in [3.63, 3.8) is 0 Å². The van der Waals surface area contributed by atoms with Crippen LogP contribution in [0.2, 0.25) is 0 Å². The fraction of sp³-hybridized carbons (Fsp3) is 0.103. The minimum atomic E-state index is -0.671. The van der Waals surface area contributed by atoms with Crippen LogP contribution < -0.4 is 20.9 Å². The molecule has 0 saturated carbocycles. The topological polar surface area (TPSA) is 105 Å². The minimum absolute atomic E-state index is 0.393. The Bertz CT molecular complexity index is 1260. The molecule has 0 unspecified atom stereocenters. The van der Waals surface area contributed by atoms with Gasteiger partial charge in [0, 0.05) is 27.9 Å². The van der Waals surface area contributed by atoms with Gasteiger partial charge in [0.15, 0.2) is 0 Å². The van der Waals surface area contributed by atoms with Crippen molar-refractivity contribution in [1.82, 2.24) is 0 Å². The van der Waals surface area contributed by atoms with Gasteiger partial charge in [-0.05, 0) is 60.7 Å². The van der Waals surface area contributed by atoms with Gasteiger partial charge in [-0.2, -0.15) is 0 Å². The summed E-state index contributed by atoms with van der Waals surface area (Å²) < 4.78 is 11.6. The maximum Gasteiger partial charge on any atom is 0.343 e. The highest BCUT2D eigenvalue weighted by Gasteiger charge is 2.31. The van der Waals surface area contributed by atoms with Crippen LogP contribution in [0.5, 0.6) is 11.5 Å². The van der Waals surface area contributed by atoms with Crippen molar-refractivity contribution < 1.29 is 19.1 Å². The van der Waals surface area contributed by atoms with Crippen molar-refractivity contribution in [2.75, 3.05) is 11.5 Å². The summed E-state index contributed by atoms with van der Waals surface area (Å²) in [7, 11) is 0.